The third-order valence-electron chi connectivity index (χ3n) is 2.25. The van der Waals surface area contributed by atoms with Crippen LogP contribution in [0.3, 0.4) is 0 Å². The van der Waals surface area contributed by atoms with E-state index in [9.17, 15) is 0 Å². The number of rotatable bonds is 2. The summed E-state index contributed by atoms with van der Waals surface area (Å²) in [5.41, 5.74) is 0.245. The van der Waals surface area contributed by atoms with E-state index >= 15 is 0 Å². The molecule has 1 N–H and O–H groups in total. The number of ether oxygens (including phenoxy) is 1. The molecule has 1 rings (SSSR count). The van der Waals surface area contributed by atoms with E-state index in [0.29, 0.717) is 12.1 Å². The maximum atomic E-state index is 5.88. The molecule has 14 heavy (non-hydrogen) atoms. The van der Waals surface area contributed by atoms with E-state index in [4.69, 9.17) is 4.74 Å². The van der Waals surface area contributed by atoms with Crippen LogP contribution in [-0.2, 0) is 4.74 Å². The van der Waals surface area contributed by atoms with Gasteiger partial charge in [0.25, 0.3) is 0 Å². The van der Waals surface area contributed by atoms with Crippen molar-refractivity contribution in [1.29, 1.82) is 0 Å². The molecule has 0 unspecified atom stereocenters. The highest BCUT2D eigenvalue weighted by Crippen LogP contribution is 2.28. The number of hydrogen-bond acceptors (Lipinski definition) is 2. The van der Waals surface area contributed by atoms with Crippen molar-refractivity contribution in [2.75, 3.05) is 0 Å². The summed E-state index contributed by atoms with van der Waals surface area (Å²) in [6.07, 6.45) is 2.79. The normalized spacial score (nSPS) is 28.7. The van der Waals surface area contributed by atoms with Crippen LogP contribution in [0.1, 0.15) is 54.4 Å². The van der Waals surface area contributed by atoms with Gasteiger partial charge in [-0.15, -0.1) is 0 Å². The van der Waals surface area contributed by atoms with Gasteiger partial charge in [0.15, 0.2) is 0 Å². The van der Waals surface area contributed by atoms with E-state index in [1.165, 1.54) is 0 Å². The molecule has 0 bridgehead atoms. The van der Waals surface area contributed by atoms with E-state index in [0.717, 1.165) is 12.8 Å². The first-order valence-electron chi connectivity index (χ1n) is 5.61. The molecule has 0 spiro atoms. The third-order valence-corrected chi connectivity index (χ3v) is 2.25. The molecule has 0 aliphatic heterocycles. The van der Waals surface area contributed by atoms with Crippen LogP contribution in [0.2, 0.25) is 0 Å². The second-order valence-electron chi connectivity index (χ2n) is 6.41. The van der Waals surface area contributed by atoms with Gasteiger partial charge in [0.1, 0.15) is 0 Å². The van der Waals surface area contributed by atoms with Gasteiger partial charge >= 0.3 is 0 Å². The van der Waals surface area contributed by atoms with Crippen molar-refractivity contribution in [3.05, 3.63) is 0 Å². The van der Waals surface area contributed by atoms with Crippen molar-refractivity contribution in [3.63, 3.8) is 0 Å². The molecule has 1 fully saturated rings. The second-order valence-corrected chi connectivity index (χ2v) is 6.41. The number of nitrogens with one attached hydrogen (secondary N) is 1. The molecule has 0 amide bonds. The molecule has 0 aromatic carbocycles. The maximum absolute atomic E-state index is 5.88. The van der Waals surface area contributed by atoms with E-state index in [2.05, 4.69) is 46.9 Å². The summed E-state index contributed by atoms with van der Waals surface area (Å²) in [5, 5.41) is 3.59. The van der Waals surface area contributed by atoms with Gasteiger partial charge in [-0.2, -0.15) is 0 Å². The smallest absolute Gasteiger partial charge is 0.0612 e. The first kappa shape index (κ1) is 12.0. The van der Waals surface area contributed by atoms with Crippen LogP contribution in [0.4, 0.5) is 0 Å². The highest BCUT2D eigenvalue weighted by Gasteiger charge is 2.34. The second kappa shape index (κ2) is 3.82. The van der Waals surface area contributed by atoms with Gasteiger partial charge in [0.05, 0.1) is 11.7 Å². The molecular weight excluding hydrogens is 174 g/mol. The van der Waals surface area contributed by atoms with E-state index in [1.54, 1.807) is 0 Å². The molecule has 1 saturated carbocycles. The van der Waals surface area contributed by atoms with Crippen molar-refractivity contribution in [2.24, 2.45) is 0 Å². The molecule has 0 heterocycles. The SMILES string of the molecule is CC(C)(C)N[C@H]1C[C@H](OC(C)(C)C)C1. The summed E-state index contributed by atoms with van der Waals surface area (Å²) >= 11 is 0. The first-order chi connectivity index (χ1) is 6.16. The van der Waals surface area contributed by atoms with Crippen molar-refractivity contribution in [3.8, 4) is 0 Å². The average Bonchev–Trinajstić information content (AvgIpc) is 1.75. The Morgan fingerprint density at radius 2 is 1.50 bits per heavy atom. The number of hydrogen-bond donors (Lipinski definition) is 1. The van der Waals surface area contributed by atoms with E-state index in [-0.39, 0.29) is 11.1 Å². The molecule has 0 radical (unpaired) electrons. The van der Waals surface area contributed by atoms with E-state index < -0.39 is 0 Å². The molecule has 0 aromatic heterocycles. The van der Waals surface area contributed by atoms with Gasteiger partial charge < -0.3 is 10.1 Å². The fraction of sp³-hybridized carbons (Fsp3) is 1.00. The first-order valence-corrected chi connectivity index (χ1v) is 5.61. The Hall–Kier alpha value is -0.0800. The lowest BCUT2D eigenvalue weighted by molar-refractivity contribution is -0.104. The van der Waals surface area contributed by atoms with Crippen LogP contribution in [0, 0.1) is 0 Å². The van der Waals surface area contributed by atoms with Crippen molar-refractivity contribution >= 4 is 0 Å². The molecule has 2 nitrogen and oxygen atoms in total. The summed E-state index contributed by atoms with van der Waals surface area (Å²) in [5.74, 6) is 0. The summed E-state index contributed by atoms with van der Waals surface area (Å²) < 4.78 is 5.88. The van der Waals surface area contributed by atoms with Crippen LogP contribution in [0.5, 0.6) is 0 Å². The minimum absolute atomic E-state index is 0.0113. The molecule has 1 aliphatic carbocycles. The highest BCUT2D eigenvalue weighted by molar-refractivity contribution is 4.91. The monoisotopic (exact) mass is 199 g/mol. The Morgan fingerprint density at radius 1 is 1.00 bits per heavy atom. The Bertz CT molecular complexity index is 161. The largest absolute Gasteiger partial charge is 0.373 e. The topological polar surface area (TPSA) is 21.3 Å². The molecule has 0 aromatic rings. The Balaban J connectivity index is 2.18. The van der Waals surface area contributed by atoms with Crippen LogP contribution in [0.25, 0.3) is 0 Å². The summed E-state index contributed by atoms with van der Waals surface area (Å²) in [7, 11) is 0. The fourth-order valence-electron chi connectivity index (χ4n) is 1.89. The zero-order valence-corrected chi connectivity index (χ0v) is 10.5. The predicted octanol–water partition coefficient (Wildman–Crippen LogP) is 2.72. The van der Waals surface area contributed by atoms with Gasteiger partial charge in [-0.25, -0.2) is 0 Å². The average molecular weight is 199 g/mol. The van der Waals surface area contributed by atoms with Gasteiger partial charge in [0.2, 0.25) is 0 Å². The van der Waals surface area contributed by atoms with Crippen LogP contribution < -0.4 is 5.32 Å². The van der Waals surface area contributed by atoms with Crippen molar-refractivity contribution < 1.29 is 4.74 Å². The van der Waals surface area contributed by atoms with Gasteiger partial charge in [-0.1, -0.05) is 0 Å². The maximum Gasteiger partial charge on any atom is 0.0612 e. The van der Waals surface area contributed by atoms with Gasteiger partial charge in [-0.05, 0) is 54.4 Å². The van der Waals surface area contributed by atoms with Gasteiger partial charge in [0, 0.05) is 11.6 Å². The lowest BCUT2D eigenvalue weighted by Gasteiger charge is -2.42. The van der Waals surface area contributed by atoms with Crippen LogP contribution in [0.15, 0.2) is 0 Å². The quantitative estimate of drug-likeness (QED) is 0.738. The molecule has 2 heteroatoms. The van der Waals surface area contributed by atoms with Crippen molar-refractivity contribution in [1.82, 2.24) is 5.32 Å². The Kier molecular flexibility index (Phi) is 3.27. The molecule has 1 aliphatic rings. The predicted molar refractivity (Wildman–Crippen MR) is 60.5 cm³/mol. The van der Waals surface area contributed by atoms with Crippen molar-refractivity contribution in [2.45, 2.75) is 77.7 Å². The summed E-state index contributed by atoms with van der Waals surface area (Å²) in [6.45, 7) is 13.0. The lowest BCUT2D eigenvalue weighted by atomic mass is 9.86. The zero-order valence-electron chi connectivity index (χ0n) is 10.5. The fourth-order valence-corrected chi connectivity index (χ4v) is 1.89. The summed E-state index contributed by atoms with van der Waals surface area (Å²) in [4.78, 5) is 0. The third kappa shape index (κ3) is 4.43. The lowest BCUT2D eigenvalue weighted by Crippen LogP contribution is -2.53. The molecule has 84 valence electrons. The zero-order chi connectivity index (χ0) is 11.0. The standard InChI is InChI=1S/C12H25NO/c1-11(2,3)13-9-7-10(8-9)14-12(4,5)6/h9-10,13H,7-8H2,1-6H3/t9-,10-. The van der Waals surface area contributed by atoms with E-state index in [1.807, 2.05) is 0 Å². The van der Waals surface area contributed by atoms with Crippen LogP contribution >= 0.6 is 0 Å². The minimum atomic E-state index is 0.0113. The molecular formula is C12H25NO. The Labute approximate surface area is 88.4 Å². The van der Waals surface area contributed by atoms with Gasteiger partial charge in [-0.3, -0.25) is 0 Å². The molecule has 0 saturated heterocycles. The minimum Gasteiger partial charge on any atom is -0.373 e. The summed E-state index contributed by atoms with van der Waals surface area (Å²) in [6, 6.07) is 0.655. The Morgan fingerprint density at radius 3 is 1.86 bits per heavy atom. The van der Waals surface area contributed by atoms with Crippen LogP contribution in [-0.4, -0.2) is 23.3 Å². The highest BCUT2D eigenvalue weighted by atomic mass is 16.5. The molecule has 0 atom stereocenters.